The molecule has 0 amide bonds. The van der Waals surface area contributed by atoms with Crippen molar-refractivity contribution < 1.29 is 4.74 Å². The van der Waals surface area contributed by atoms with E-state index >= 15 is 0 Å². The van der Waals surface area contributed by atoms with Crippen LogP contribution < -0.4 is 9.80 Å². The van der Waals surface area contributed by atoms with Gasteiger partial charge in [-0.1, -0.05) is 6.07 Å². The Labute approximate surface area is 167 Å². The fourth-order valence-corrected chi connectivity index (χ4v) is 4.01. The molecule has 7 heteroatoms. The van der Waals surface area contributed by atoms with E-state index in [2.05, 4.69) is 43.8 Å². The smallest absolute Gasteiger partial charge is 0.227 e. The van der Waals surface area contributed by atoms with E-state index in [0.29, 0.717) is 6.04 Å². The highest BCUT2D eigenvalue weighted by molar-refractivity contribution is 5.44. The van der Waals surface area contributed by atoms with E-state index in [1.807, 2.05) is 24.5 Å². The van der Waals surface area contributed by atoms with Gasteiger partial charge in [-0.3, -0.25) is 4.98 Å². The largest absolute Gasteiger partial charge is 0.378 e. The molecule has 0 spiro atoms. The molecule has 2 aliphatic heterocycles. The summed E-state index contributed by atoms with van der Waals surface area (Å²) in [5.74, 6) is 1.82. The monoisotopic (exact) mass is 382 g/mol. The molecule has 1 unspecified atom stereocenters. The number of morpholine rings is 1. The van der Waals surface area contributed by atoms with Crippen LogP contribution in [0, 0.1) is 0 Å². The number of anilines is 2. The first-order valence-corrected chi connectivity index (χ1v) is 10.3. The van der Waals surface area contributed by atoms with Crippen molar-refractivity contribution in [3.8, 4) is 0 Å². The second-order valence-electron chi connectivity index (χ2n) is 7.59. The lowest BCUT2D eigenvalue weighted by Crippen LogP contribution is -2.47. The third-order valence-electron chi connectivity index (χ3n) is 5.72. The topological polar surface area (TPSA) is 57.6 Å². The van der Waals surface area contributed by atoms with Gasteiger partial charge in [0, 0.05) is 63.8 Å². The fourth-order valence-electron chi connectivity index (χ4n) is 4.01. The third-order valence-corrected chi connectivity index (χ3v) is 5.72. The SMILES string of the molecule is CN(c1nccc(N2CCOCC2)n1)C1CCCN(CCc2ccccn2)C1. The lowest BCUT2D eigenvalue weighted by atomic mass is 10.0. The Bertz CT molecular complexity index is 737. The second kappa shape index (κ2) is 9.30. The van der Waals surface area contributed by atoms with Gasteiger partial charge in [-0.15, -0.1) is 0 Å². The van der Waals surface area contributed by atoms with Crippen LogP contribution in [0.2, 0.25) is 0 Å². The van der Waals surface area contributed by atoms with Crippen molar-refractivity contribution in [2.75, 3.05) is 62.8 Å². The minimum atomic E-state index is 0.442. The van der Waals surface area contributed by atoms with Gasteiger partial charge in [0.2, 0.25) is 5.95 Å². The van der Waals surface area contributed by atoms with Crippen molar-refractivity contribution in [2.24, 2.45) is 0 Å². The Kier molecular flexibility index (Phi) is 6.34. The first-order chi connectivity index (χ1) is 13.8. The summed E-state index contributed by atoms with van der Waals surface area (Å²) in [6.45, 7) is 6.58. The molecular weight excluding hydrogens is 352 g/mol. The van der Waals surface area contributed by atoms with E-state index in [0.717, 1.165) is 64.1 Å². The number of hydrogen-bond donors (Lipinski definition) is 0. The predicted octanol–water partition coefficient (Wildman–Crippen LogP) is 1.85. The molecule has 0 radical (unpaired) electrons. The summed E-state index contributed by atoms with van der Waals surface area (Å²) >= 11 is 0. The third kappa shape index (κ3) is 4.77. The first kappa shape index (κ1) is 19.1. The molecule has 4 rings (SSSR count). The molecule has 0 aliphatic carbocycles. The van der Waals surface area contributed by atoms with Gasteiger partial charge in [0.1, 0.15) is 5.82 Å². The number of likely N-dealkylation sites (tertiary alicyclic amines) is 1. The normalized spacial score (nSPS) is 20.9. The van der Waals surface area contributed by atoms with Crippen LogP contribution in [-0.2, 0) is 11.2 Å². The van der Waals surface area contributed by atoms with Crippen LogP contribution in [0.15, 0.2) is 36.7 Å². The summed E-state index contributed by atoms with van der Waals surface area (Å²) in [6, 6.07) is 8.59. The maximum Gasteiger partial charge on any atom is 0.227 e. The number of rotatable bonds is 6. The van der Waals surface area contributed by atoms with Gasteiger partial charge in [0.05, 0.1) is 13.2 Å². The first-order valence-electron chi connectivity index (χ1n) is 10.3. The standard InChI is InChI=1S/C21H30N6O/c1-25(21-23-10-7-20(24-21)27-13-15-28-16-14-27)19-6-4-11-26(17-19)12-8-18-5-2-3-9-22-18/h2-3,5,7,9-10,19H,4,6,8,11-17H2,1H3. The molecule has 7 nitrogen and oxygen atoms in total. The highest BCUT2D eigenvalue weighted by atomic mass is 16.5. The van der Waals surface area contributed by atoms with E-state index in [9.17, 15) is 0 Å². The van der Waals surface area contributed by atoms with Crippen LogP contribution in [0.1, 0.15) is 18.5 Å². The van der Waals surface area contributed by atoms with Crippen molar-refractivity contribution >= 4 is 11.8 Å². The Morgan fingerprint density at radius 2 is 2.00 bits per heavy atom. The summed E-state index contributed by atoms with van der Waals surface area (Å²) < 4.78 is 5.46. The van der Waals surface area contributed by atoms with E-state index in [1.165, 1.54) is 18.5 Å². The zero-order valence-corrected chi connectivity index (χ0v) is 16.7. The van der Waals surface area contributed by atoms with Gasteiger partial charge >= 0.3 is 0 Å². The van der Waals surface area contributed by atoms with Crippen LogP contribution in [-0.4, -0.2) is 78.9 Å². The van der Waals surface area contributed by atoms with Crippen LogP contribution in [0.3, 0.4) is 0 Å². The van der Waals surface area contributed by atoms with Gasteiger partial charge in [-0.05, 0) is 37.6 Å². The van der Waals surface area contributed by atoms with E-state index in [-0.39, 0.29) is 0 Å². The molecule has 28 heavy (non-hydrogen) atoms. The van der Waals surface area contributed by atoms with Gasteiger partial charge < -0.3 is 19.4 Å². The number of pyridine rings is 1. The van der Waals surface area contributed by atoms with E-state index < -0.39 is 0 Å². The molecule has 2 fully saturated rings. The maximum absolute atomic E-state index is 5.46. The Morgan fingerprint density at radius 1 is 1.11 bits per heavy atom. The summed E-state index contributed by atoms with van der Waals surface area (Å²) in [5, 5.41) is 0. The predicted molar refractivity (Wildman–Crippen MR) is 111 cm³/mol. The van der Waals surface area contributed by atoms with Crippen molar-refractivity contribution in [3.05, 3.63) is 42.4 Å². The maximum atomic E-state index is 5.46. The van der Waals surface area contributed by atoms with Crippen molar-refractivity contribution in [1.29, 1.82) is 0 Å². The second-order valence-corrected chi connectivity index (χ2v) is 7.59. The van der Waals surface area contributed by atoms with Gasteiger partial charge in [0.15, 0.2) is 0 Å². The van der Waals surface area contributed by atoms with Gasteiger partial charge in [-0.2, -0.15) is 4.98 Å². The molecule has 1 atom stereocenters. The highest BCUT2D eigenvalue weighted by Gasteiger charge is 2.25. The van der Waals surface area contributed by atoms with Crippen LogP contribution >= 0.6 is 0 Å². The number of aromatic nitrogens is 3. The quantitative estimate of drug-likeness (QED) is 0.756. The Morgan fingerprint density at radius 3 is 2.82 bits per heavy atom. The molecule has 2 aliphatic rings. The van der Waals surface area contributed by atoms with Crippen molar-refractivity contribution in [3.63, 3.8) is 0 Å². The molecule has 4 heterocycles. The highest BCUT2D eigenvalue weighted by Crippen LogP contribution is 2.21. The van der Waals surface area contributed by atoms with E-state index in [4.69, 9.17) is 9.72 Å². The van der Waals surface area contributed by atoms with Gasteiger partial charge in [-0.25, -0.2) is 4.98 Å². The number of piperidine rings is 1. The number of ether oxygens (including phenoxy) is 1. The molecule has 2 saturated heterocycles. The number of likely N-dealkylation sites (N-methyl/N-ethyl adjacent to an activating group) is 1. The van der Waals surface area contributed by atoms with Crippen molar-refractivity contribution in [2.45, 2.75) is 25.3 Å². The van der Waals surface area contributed by atoms with Gasteiger partial charge in [0.25, 0.3) is 0 Å². The molecule has 0 bridgehead atoms. The number of nitrogens with zero attached hydrogens (tertiary/aromatic N) is 6. The average molecular weight is 383 g/mol. The minimum absolute atomic E-state index is 0.442. The lowest BCUT2D eigenvalue weighted by molar-refractivity contribution is 0.122. The van der Waals surface area contributed by atoms with E-state index in [1.54, 1.807) is 0 Å². The fraction of sp³-hybridized carbons (Fsp3) is 0.571. The molecule has 2 aromatic rings. The van der Waals surface area contributed by atoms with Crippen LogP contribution in [0.4, 0.5) is 11.8 Å². The molecule has 0 aromatic carbocycles. The lowest BCUT2D eigenvalue weighted by Gasteiger charge is -2.38. The van der Waals surface area contributed by atoms with Crippen LogP contribution in [0.5, 0.6) is 0 Å². The summed E-state index contributed by atoms with van der Waals surface area (Å²) in [5.41, 5.74) is 1.17. The molecule has 150 valence electrons. The Balaban J connectivity index is 1.36. The zero-order chi connectivity index (χ0) is 19.2. The minimum Gasteiger partial charge on any atom is -0.378 e. The van der Waals surface area contributed by atoms with Crippen molar-refractivity contribution in [1.82, 2.24) is 19.9 Å². The molecule has 0 saturated carbocycles. The zero-order valence-electron chi connectivity index (χ0n) is 16.7. The summed E-state index contributed by atoms with van der Waals surface area (Å²) in [7, 11) is 2.13. The summed E-state index contributed by atoms with van der Waals surface area (Å²) in [6.07, 6.45) is 7.15. The molecule has 2 aromatic heterocycles. The number of hydrogen-bond acceptors (Lipinski definition) is 7. The summed E-state index contributed by atoms with van der Waals surface area (Å²) in [4.78, 5) is 20.9. The average Bonchev–Trinajstić information content (AvgIpc) is 2.79. The van der Waals surface area contributed by atoms with Crippen LogP contribution in [0.25, 0.3) is 0 Å². The molecule has 0 N–H and O–H groups in total. The Hall–Kier alpha value is -2.25. The molecular formula is C21H30N6O.